The van der Waals surface area contributed by atoms with Gasteiger partial charge in [0.2, 0.25) is 0 Å². The summed E-state index contributed by atoms with van der Waals surface area (Å²) in [4.78, 5) is 34.4. The van der Waals surface area contributed by atoms with E-state index in [0.29, 0.717) is 12.2 Å². The van der Waals surface area contributed by atoms with E-state index in [2.05, 4.69) is 32.3 Å². The molecule has 0 radical (unpaired) electrons. The molecular weight excluding hydrogens is 364 g/mol. The Bertz CT molecular complexity index is 1010. The molecular formula is C23H24N4O2. The quantitative estimate of drug-likeness (QED) is 0.680. The number of nitrogens with zero attached hydrogens (tertiary/aromatic N) is 2. The third-order valence-electron chi connectivity index (χ3n) is 5.37. The van der Waals surface area contributed by atoms with Crippen molar-refractivity contribution in [1.29, 1.82) is 0 Å². The molecule has 2 N–H and O–H groups in total. The van der Waals surface area contributed by atoms with Gasteiger partial charge in [0.1, 0.15) is 5.56 Å². The second kappa shape index (κ2) is 8.84. The van der Waals surface area contributed by atoms with Crippen LogP contribution in [0, 0.1) is 0 Å². The van der Waals surface area contributed by atoms with Gasteiger partial charge in [0.05, 0.1) is 6.04 Å². The summed E-state index contributed by atoms with van der Waals surface area (Å²) in [5, 5.41) is 2.96. The van der Waals surface area contributed by atoms with E-state index in [9.17, 15) is 9.59 Å². The molecule has 6 heteroatoms. The van der Waals surface area contributed by atoms with Gasteiger partial charge in [-0.3, -0.25) is 19.5 Å². The fourth-order valence-electron chi connectivity index (χ4n) is 3.82. The van der Waals surface area contributed by atoms with Crippen LogP contribution in [0.4, 0.5) is 0 Å². The fraction of sp³-hybridized carbons (Fsp3) is 0.261. The van der Waals surface area contributed by atoms with Crippen LogP contribution >= 0.6 is 0 Å². The van der Waals surface area contributed by atoms with Crippen molar-refractivity contribution in [3.05, 3.63) is 88.5 Å². The maximum Gasteiger partial charge on any atom is 0.261 e. The van der Waals surface area contributed by atoms with Gasteiger partial charge < -0.3 is 10.3 Å². The summed E-state index contributed by atoms with van der Waals surface area (Å²) >= 11 is 0. The van der Waals surface area contributed by atoms with Crippen molar-refractivity contribution in [2.45, 2.75) is 18.9 Å². The van der Waals surface area contributed by atoms with Crippen molar-refractivity contribution in [3.63, 3.8) is 0 Å². The smallest absolute Gasteiger partial charge is 0.261 e. The SMILES string of the molecule is O=C(NCC(c1ccccc1)N1CCCC1)c1ccc(-c2ccncc2)[nH]c1=O. The summed E-state index contributed by atoms with van der Waals surface area (Å²) in [6.07, 6.45) is 5.67. The third-order valence-corrected chi connectivity index (χ3v) is 5.37. The van der Waals surface area contributed by atoms with E-state index in [1.165, 1.54) is 18.4 Å². The Morgan fingerprint density at radius 3 is 2.45 bits per heavy atom. The lowest BCUT2D eigenvalue weighted by atomic mass is 10.1. The van der Waals surface area contributed by atoms with Gasteiger partial charge in [-0.15, -0.1) is 0 Å². The van der Waals surface area contributed by atoms with Crippen LogP contribution in [0.15, 0.2) is 71.8 Å². The number of carbonyl (C=O) groups is 1. The molecule has 1 aliphatic heterocycles. The number of nitrogens with one attached hydrogen (secondary N) is 2. The minimum atomic E-state index is -0.394. The summed E-state index contributed by atoms with van der Waals surface area (Å²) in [6.45, 7) is 2.52. The largest absolute Gasteiger partial charge is 0.350 e. The highest BCUT2D eigenvalue weighted by molar-refractivity contribution is 5.94. The molecule has 1 amide bonds. The second-order valence-corrected chi connectivity index (χ2v) is 7.23. The Balaban J connectivity index is 1.49. The van der Waals surface area contributed by atoms with Crippen molar-refractivity contribution in [2.75, 3.05) is 19.6 Å². The lowest BCUT2D eigenvalue weighted by Gasteiger charge is -2.28. The monoisotopic (exact) mass is 388 g/mol. The van der Waals surface area contributed by atoms with Crippen LogP contribution < -0.4 is 10.9 Å². The van der Waals surface area contributed by atoms with Crippen LogP contribution in [0.3, 0.4) is 0 Å². The predicted molar refractivity (Wildman–Crippen MR) is 113 cm³/mol. The first-order valence-corrected chi connectivity index (χ1v) is 9.93. The average molecular weight is 388 g/mol. The van der Waals surface area contributed by atoms with E-state index < -0.39 is 5.56 Å². The zero-order valence-corrected chi connectivity index (χ0v) is 16.2. The molecule has 0 aliphatic carbocycles. The Kier molecular flexibility index (Phi) is 5.81. The molecule has 1 atom stereocenters. The van der Waals surface area contributed by atoms with Crippen molar-refractivity contribution in [3.8, 4) is 11.3 Å². The maximum atomic E-state index is 12.7. The molecule has 148 valence electrons. The highest BCUT2D eigenvalue weighted by Gasteiger charge is 2.24. The van der Waals surface area contributed by atoms with Crippen LogP contribution in [0.2, 0.25) is 0 Å². The number of H-pyrrole nitrogens is 1. The molecule has 1 saturated heterocycles. The minimum absolute atomic E-state index is 0.109. The van der Waals surface area contributed by atoms with Gasteiger partial charge >= 0.3 is 0 Å². The topological polar surface area (TPSA) is 78.1 Å². The van der Waals surface area contributed by atoms with Gasteiger partial charge in [0.25, 0.3) is 11.5 Å². The van der Waals surface area contributed by atoms with Crippen LogP contribution in [0.5, 0.6) is 0 Å². The van der Waals surface area contributed by atoms with Crippen LogP contribution in [-0.2, 0) is 0 Å². The number of aromatic nitrogens is 2. The number of hydrogen-bond acceptors (Lipinski definition) is 4. The minimum Gasteiger partial charge on any atom is -0.350 e. The van der Waals surface area contributed by atoms with Crippen molar-refractivity contribution in [2.24, 2.45) is 0 Å². The van der Waals surface area contributed by atoms with Gasteiger partial charge in [-0.25, -0.2) is 0 Å². The van der Waals surface area contributed by atoms with Gasteiger partial charge in [0, 0.05) is 30.2 Å². The summed E-state index contributed by atoms with van der Waals surface area (Å²) in [5.74, 6) is -0.354. The maximum absolute atomic E-state index is 12.7. The second-order valence-electron chi connectivity index (χ2n) is 7.23. The molecule has 3 aromatic rings. The van der Waals surface area contributed by atoms with Crippen LogP contribution in [-0.4, -0.2) is 40.4 Å². The molecule has 0 spiro atoms. The number of likely N-dealkylation sites (tertiary alicyclic amines) is 1. The van der Waals surface area contributed by atoms with Crippen LogP contribution in [0.1, 0.15) is 34.8 Å². The van der Waals surface area contributed by atoms with Gasteiger partial charge in [0.15, 0.2) is 0 Å². The van der Waals surface area contributed by atoms with E-state index in [0.717, 1.165) is 18.7 Å². The molecule has 1 aliphatic rings. The Labute approximate surface area is 169 Å². The number of benzene rings is 1. The summed E-state index contributed by atoms with van der Waals surface area (Å²) < 4.78 is 0. The Morgan fingerprint density at radius 1 is 1.03 bits per heavy atom. The predicted octanol–water partition coefficient (Wildman–Crippen LogP) is 3.00. The summed E-state index contributed by atoms with van der Waals surface area (Å²) in [5.41, 5.74) is 2.41. The molecule has 1 fully saturated rings. The fourth-order valence-corrected chi connectivity index (χ4v) is 3.82. The lowest BCUT2D eigenvalue weighted by Crippen LogP contribution is -2.38. The van der Waals surface area contributed by atoms with Crippen molar-refractivity contribution < 1.29 is 4.79 Å². The van der Waals surface area contributed by atoms with Crippen LogP contribution in [0.25, 0.3) is 11.3 Å². The van der Waals surface area contributed by atoms with Crippen molar-refractivity contribution in [1.82, 2.24) is 20.2 Å². The van der Waals surface area contributed by atoms with E-state index in [-0.39, 0.29) is 17.5 Å². The number of rotatable bonds is 6. The molecule has 1 unspecified atom stereocenters. The number of pyridine rings is 2. The third kappa shape index (κ3) is 4.43. The molecule has 3 heterocycles. The molecule has 0 bridgehead atoms. The first-order valence-electron chi connectivity index (χ1n) is 9.93. The Morgan fingerprint density at radius 2 is 1.76 bits per heavy atom. The highest BCUT2D eigenvalue weighted by atomic mass is 16.2. The van der Waals surface area contributed by atoms with E-state index in [1.54, 1.807) is 24.5 Å². The lowest BCUT2D eigenvalue weighted by molar-refractivity contribution is 0.0936. The summed E-state index contributed by atoms with van der Waals surface area (Å²) in [7, 11) is 0. The molecule has 4 rings (SSSR count). The first-order chi connectivity index (χ1) is 14.2. The van der Waals surface area contributed by atoms with E-state index in [4.69, 9.17) is 0 Å². The number of hydrogen-bond donors (Lipinski definition) is 2. The molecule has 6 nitrogen and oxygen atoms in total. The van der Waals surface area contributed by atoms with Gasteiger partial charge in [-0.05, 0) is 55.8 Å². The van der Waals surface area contributed by atoms with Gasteiger partial charge in [-0.2, -0.15) is 0 Å². The number of carbonyl (C=O) groups excluding carboxylic acids is 1. The zero-order chi connectivity index (χ0) is 20.1. The standard InChI is InChI=1S/C23H24N4O2/c28-22(19-8-9-20(26-23(19)29)17-10-12-24-13-11-17)25-16-21(27-14-4-5-15-27)18-6-2-1-3-7-18/h1-3,6-13,21H,4-5,14-16H2,(H,25,28)(H,26,29). The van der Waals surface area contributed by atoms with Gasteiger partial charge in [-0.1, -0.05) is 30.3 Å². The molecule has 1 aromatic carbocycles. The molecule has 2 aromatic heterocycles. The van der Waals surface area contributed by atoms with Crippen molar-refractivity contribution >= 4 is 5.91 Å². The molecule has 0 saturated carbocycles. The van der Waals surface area contributed by atoms with E-state index >= 15 is 0 Å². The molecule has 29 heavy (non-hydrogen) atoms. The normalized spacial score (nSPS) is 15.2. The summed E-state index contributed by atoms with van der Waals surface area (Å²) in [6, 6.07) is 17.3. The highest BCUT2D eigenvalue weighted by Crippen LogP contribution is 2.24. The average Bonchev–Trinajstić information content (AvgIpc) is 3.29. The number of amides is 1. The van der Waals surface area contributed by atoms with E-state index in [1.807, 2.05) is 30.3 Å². The zero-order valence-electron chi connectivity index (χ0n) is 16.2. The first kappa shape index (κ1) is 19.1. The number of aromatic amines is 1. The Hall–Kier alpha value is -3.25.